The third kappa shape index (κ3) is 19.1. The zero-order valence-corrected chi connectivity index (χ0v) is 50.5. The second kappa shape index (κ2) is 35.5. The smallest absolute Gasteiger partial charge is 0.283 e. The fourth-order valence-electron chi connectivity index (χ4n) is 10.5. The van der Waals surface area contributed by atoms with Gasteiger partial charge < -0.3 is 31.5 Å². The van der Waals surface area contributed by atoms with E-state index in [9.17, 15) is 39.9 Å². The van der Waals surface area contributed by atoms with Crippen molar-refractivity contribution in [2.24, 2.45) is 44.1 Å². The predicted molar refractivity (Wildman–Crippen MR) is 328 cm³/mol. The molecule has 6 N–H and O–H groups in total. The molecule has 82 heavy (non-hydrogen) atoms. The Kier molecular flexibility index (Phi) is 29.1. The Morgan fingerprint density at radius 2 is 0.780 bits per heavy atom. The van der Waals surface area contributed by atoms with Crippen LogP contribution in [0.5, 0.6) is 11.8 Å². The van der Waals surface area contributed by atoms with Crippen LogP contribution in [0.2, 0.25) is 0 Å². The summed E-state index contributed by atoms with van der Waals surface area (Å²) in [5.74, 6) is 0.357. The van der Waals surface area contributed by atoms with Crippen molar-refractivity contribution in [2.45, 2.75) is 197 Å². The van der Waals surface area contributed by atoms with E-state index in [1.54, 1.807) is 48.5 Å². The summed E-state index contributed by atoms with van der Waals surface area (Å²) in [6.45, 7) is 20.2. The van der Waals surface area contributed by atoms with Gasteiger partial charge in [-0.05, 0) is 111 Å². The maximum absolute atomic E-state index is 14.1. The first-order valence-corrected chi connectivity index (χ1v) is 30.5. The Morgan fingerprint density at radius 1 is 0.488 bits per heavy atom. The third-order valence-electron chi connectivity index (χ3n) is 16.1. The van der Waals surface area contributed by atoms with E-state index in [0.29, 0.717) is 98.0 Å². The van der Waals surface area contributed by atoms with Gasteiger partial charge in [-0.25, -0.2) is 0 Å². The average molecular weight is 1130 g/mol. The molecule has 0 saturated carbocycles. The van der Waals surface area contributed by atoms with Crippen molar-refractivity contribution < 1.29 is 19.8 Å². The molecule has 0 bridgehead atoms. The van der Waals surface area contributed by atoms with Gasteiger partial charge in [-0.1, -0.05) is 145 Å². The number of pyridine rings is 2. The number of nitrogens with two attached hydrogens (primary N) is 2. The molecule has 2 aromatic heterocycles. The Labute approximate surface area is 487 Å². The van der Waals surface area contributed by atoms with Crippen LogP contribution in [0.25, 0.3) is 0 Å². The van der Waals surface area contributed by atoms with Crippen molar-refractivity contribution in [1.82, 2.24) is 18.9 Å². The molecule has 0 saturated heterocycles. The van der Waals surface area contributed by atoms with Gasteiger partial charge in [-0.2, -0.15) is 20.8 Å². The van der Waals surface area contributed by atoms with Gasteiger partial charge in [0.15, 0.2) is 11.4 Å². The van der Waals surface area contributed by atoms with Crippen molar-refractivity contribution in [3.63, 3.8) is 0 Å². The third-order valence-corrected chi connectivity index (χ3v) is 16.1. The monoisotopic (exact) mass is 1130 g/mol. The minimum absolute atomic E-state index is 0.00949. The number of anilines is 2. The largest absolute Gasteiger partial charge is 0.493 e. The number of aromatic nitrogens is 2. The number of unbranched alkanes of at least 4 members (excludes halogenated alkanes) is 7. The van der Waals surface area contributed by atoms with Crippen LogP contribution in [0.15, 0.2) is 78.6 Å². The van der Waals surface area contributed by atoms with Crippen LogP contribution in [0, 0.1) is 46.3 Å². The standard InChI is InChI=1S/C64H94N12O6/c1-9-17-25-45(13-5)41-73(42-46(14-6)26-18-10-2)59(77)49-29-33-51(34-30-49)69-71-57-55(67)53(39-65)61(79)75(63(57)81)37-23-21-22-24-38-76-62(80)54(40-66)56(68)58(64(76)82)72-70-52-35-31-50(32-36-52)60(78)74(43-47(15-7)27-19-11-3)44-48(16-8)28-20-12-4/h29-36,45-48,79-80H,9-28,37-38,41-44,67-68H2,1-8H3. The van der Waals surface area contributed by atoms with Crippen molar-refractivity contribution >= 4 is 45.9 Å². The van der Waals surface area contributed by atoms with E-state index in [2.05, 4.69) is 75.8 Å². The Balaban J connectivity index is 1.46. The maximum atomic E-state index is 14.1. The number of rotatable bonds is 37. The van der Waals surface area contributed by atoms with Gasteiger partial charge in [0.2, 0.25) is 11.8 Å². The molecule has 446 valence electrons. The molecule has 4 aromatic rings. The molecule has 2 aromatic carbocycles. The molecule has 18 heteroatoms. The van der Waals surface area contributed by atoms with Crippen LogP contribution in [-0.2, 0) is 13.1 Å². The topological polar surface area (TPSA) is 274 Å². The van der Waals surface area contributed by atoms with E-state index in [4.69, 9.17) is 11.5 Å². The van der Waals surface area contributed by atoms with Crippen molar-refractivity contribution in [3.8, 4) is 23.9 Å². The van der Waals surface area contributed by atoms with E-state index in [-0.39, 0.29) is 58.8 Å². The number of aromatic hydroxyl groups is 2. The lowest BCUT2D eigenvalue weighted by Crippen LogP contribution is -2.39. The summed E-state index contributed by atoms with van der Waals surface area (Å²) < 4.78 is 2.05. The second-order valence-electron chi connectivity index (χ2n) is 22.1. The van der Waals surface area contributed by atoms with E-state index in [0.717, 1.165) is 112 Å². The van der Waals surface area contributed by atoms with E-state index >= 15 is 0 Å². The van der Waals surface area contributed by atoms with Crippen LogP contribution in [-0.4, -0.2) is 67.1 Å². The highest BCUT2D eigenvalue weighted by Crippen LogP contribution is 2.33. The van der Waals surface area contributed by atoms with Crippen LogP contribution >= 0.6 is 0 Å². The molecule has 0 aliphatic rings. The molecule has 2 amide bonds. The summed E-state index contributed by atoms with van der Waals surface area (Å²) in [5, 5.41) is 58.8. The number of benzene rings is 2. The van der Waals surface area contributed by atoms with Crippen LogP contribution < -0.4 is 22.6 Å². The SMILES string of the molecule is CCCCC(CC)CN(CC(CC)CCCC)C(=O)c1ccc(N=Nc2c(N)c(C#N)c(O)n(CCCCCCn3c(O)c(C#N)c(N)c(N=Nc4ccc(C(=O)N(CC(CC)CCCC)CC(CC)CCCC)cc4)c3=O)c2=O)cc1. The fraction of sp³-hybridized carbons (Fsp3) is 0.594. The molecule has 0 radical (unpaired) electrons. The van der Waals surface area contributed by atoms with Gasteiger partial charge in [0.25, 0.3) is 22.9 Å². The van der Waals surface area contributed by atoms with Gasteiger partial charge in [0.1, 0.15) is 23.3 Å². The fourth-order valence-corrected chi connectivity index (χ4v) is 10.5. The number of amides is 2. The summed E-state index contributed by atoms with van der Waals surface area (Å²) in [5.41, 5.74) is 10.8. The predicted octanol–water partition coefficient (Wildman–Crippen LogP) is 15.2. The number of carbonyl (C=O) groups excluding carboxylic acids is 2. The Hall–Kier alpha value is -7.34. The number of nitrogens with zero attached hydrogens (tertiary/aromatic N) is 10. The second-order valence-corrected chi connectivity index (χ2v) is 22.1. The molecule has 0 aliphatic heterocycles. The molecular weight excluding hydrogens is 1030 g/mol. The Bertz CT molecular complexity index is 2690. The molecule has 2 heterocycles. The van der Waals surface area contributed by atoms with E-state index < -0.39 is 22.9 Å². The van der Waals surface area contributed by atoms with Crippen molar-refractivity contribution in [2.75, 3.05) is 37.6 Å². The van der Waals surface area contributed by atoms with Crippen LogP contribution in [0.4, 0.5) is 34.1 Å². The molecule has 4 atom stereocenters. The number of hydrogen-bond acceptors (Lipinski definition) is 14. The molecular formula is C64H94N12O6. The molecule has 4 unspecified atom stereocenters. The number of nitriles is 2. The van der Waals surface area contributed by atoms with Gasteiger partial charge in [0.05, 0.1) is 22.7 Å². The summed E-state index contributed by atoms with van der Waals surface area (Å²) >= 11 is 0. The quantitative estimate of drug-likeness (QED) is 0.0245. The van der Waals surface area contributed by atoms with E-state index in [1.807, 2.05) is 21.9 Å². The summed E-state index contributed by atoms with van der Waals surface area (Å²) in [6, 6.07) is 17.1. The number of azo groups is 2. The number of carbonyl (C=O) groups is 2. The average Bonchev–Trinajstić information content (AvgIpc) is 3.67. The van der Waals surface area contributed by atoms with E-state index in [1.165, 1.54) is 0 Å². The summed E-state index contributed by atoms with van der Waals surface area (Å²) in [6.07, 6.45) is 18.9. The van der Waals surface area contributed by atoms with Crippen LogP contribution in [0.1, 0.15) is 216 Å². The minimum Gasteiger partial charge on any atom is -0.493 e. The Morgan fingerprint density at radius 3 is 1.04 bits per heavy atom. The maximum Gasteiger partial charge on any atom is 0.283 e. The van der Waals surface area contributed by atoms with Crippen molar-refractivity contribution in [3.05, 3.63) is 91.5 Å². The highest BCUT2D eigenvalue weighted by Gasteiger charge is 2.26. The molecule has 0 fully saturated rings. The highest BCUT2D eigenvalue weighted by molar-refractivity contribution is 5.95. The summed E-state index contributed by atoms with van der Waals surface area (Å²) in [4.78, 5) is 59.8. The van der Waals surface area contributed by atoms with Crippen LogP contribution in [0.3, 0.4) is 0 Å². The first-order valence-electron chi connectivity index (χ1n) is 30.5. The first kappa shape index (κ1) is 67.2. The van der Waals surface area contributed by atoms with Gasteiger partial charge in [0, 0.05) is 50.4 Å². The zero-order valence-electron chi connectivity index (χ0n) is 50.5. The lowest BCUT2D eigenvalue weighted by Gasteiger charge is -2.31. The number of nitrogen functional groups attached to an aromatic ring is 2. The van der Waals surface area contributed by atoms with Gasteiger partial charge in [-0.15, -0.1) is 10.2 Å². The molecule has 0 aliphatic carbocycles. The zero-order chi connectivity index (χ0) is 60.1. The molecule has 4 rings (SSSR count). The minimum atomic E-state index is -0.751. The summed E-state index contributed by atoms with van der Waals surface area (Å²) in [7, 11) is 0. The highest BCUT2D eigenvalue weighted by atomic mass is 16.3. The molecule has 18 nitrogen and oxygen atoms in total. The van der Waals surface area contributed by atoms with Crippen molar-refractivity contribution in [1.29, 1.82) is 10.5 Å². The van der Waals surface area contributed by atoms with Gasteiger partial charge >= 0.3 is 0 Å². The normalized spacial score (nSPS) is 13.0. The molecule has 0 spiro atoms. The van der Waals surface area contributed by atoms with Gasteiger partial charge in [-0.3, -0.25) is 28.3 Å². The lowest BCUT2D eigenvalue weighted by molar-refractivity contribution is 0.0678. The first-order chi connectivity index (χ1) is 39.6. The number of hydrogen-bond donors (Lipinski definition) is 4. The lowest BCUT2D eigenvalue weighted by atomic mass is 9.95.